The van der Waals surface area contributed by atoms with Gasteiger partial charge in [-0.1, -0.05) is 102 Å². The largest absolute Gasteiger partial charge is 0.366 e. The van der Waals surface area contributed by atoms with Crippen molar-refractivity contribution in [3.05, 3.63) is 132 Å². The lowest BCUT2D eigenvalue weighted by Crippen LogP contribution is -2.37. The molecule has 3 aromatic carbocycles. The SMILES string of the molecule is C=CCOC(c1ccc(Cl)cc1)C(Cl)N1C=CN(C(c2ccccc2)c2ccccc2)C1. The highest BCUT2D eigenvalue weighted by Crippen LogP contribution is 2.35. The van der Waals surface area contributed by atoms with Gasteiger partial charge in [0.05, 0.1) is 19.3 Å². The van der Waals surface area contributed by atoms with Gasteiger partial charge in [0, 0.05) is 17.4 Å². The molecule has 0 radical (unpaired) electrons. The third-order valence-corrected chi connectivity index (χ3v) is 6.23. The minimum atomic E-state index is -0.399. The van der Waals surface area contributed by atoms with E-state index in [2.05, 4.69) is 71.1 Å². The Morgan fingerprint density at radius 3 is 1.94 bits per heavy atom. The van der Waals surface area contributed by atoms with Gasteiger partial charge in [-0.05, 0) is 28.8 Å². The number of nitrogens with zero attached hydrogens (tertiary/aromatic N) is 2. The van der Waals surface area contributed by atoms with Crippen LogP contribution in [0.15, 0.2) is 110 Å². The fraction of sp³-hybridized carbons (Fsp3) is 0.185. The molecule has 1 aliphatic rings. The summed E-state index contributed by atoms with van der Waals surface area (Å²) in [6, 6.07) is 28.8. The second kappa shape index (κ2) is 10.7. The molecule has 0 bridgehead atoms. The number of alkyl halides is 1. The molecule has 0 aromatic heterocycles. The highest BCUT2D eigenvalue weighted by Gasteiger charge is 2.32. The maximum absolute atomic E-state index is 6.98. The van der Waals surface area contributed by atoms with E-state index in [9.17, 15) is 0 Å². The summed E-state index contributed by atoms with van der Waals surface area (Å²) < 4.78 is 6.07. The summed E-state index contributed by atoms with van der Waals surface area (Å²) in [6.45, 7) is 4.83. The Hall–Kier alpha value is -2.72. The van der Waals surface area contributed by atoms with E-state index in [-0.39, 0.29) is 12.1 Å². The molecule has 3 aromatic rings. The Bertz CT molecular complexity index is 985. The Balaban J connectivity index is 1.56. The summed E-state index contributed by atoms with van der Waals surface area (Å²) in [5.74, 6) is 0. The minimum absolute atomic E-state index is 0.0885. The van der Waals surface area contributed by atoms with Gasteiger partial charge < -0.3 is 14.5 Å². The highest BCUT2D eigenvalue weighted by molar-refractivity contribution is 6.30. The first-order chi connectivity index (χ1) is 15.7. The van der Waals surface area contributed by atoms with E-state index in [0.29, 0.717) is 18.3 Å². The molecule has 1 aliphatic heterocycles. The molecule has 2 atom stereocenters. The van der Waals surface area contributed by atoms with Crippen LogP contribution >= 0.6 is 23.2 Å². The highest BCUT2D eigenvalue weighted by atomic mass is 35.5. The fourth-order valence-corrected chi connectivity index (χ4v) is 4.43. The maximum Gasteiger partial charge on any atom is 0.135 e. The number of rotatable bonds is 9. The van der Waals surface area contributed by atoms with Crippen molar-refractivity contribution in [1.82, 2.24) is 9.80 Å². The average molecular weight is 465 g/mol. The Labute approximate surface area is 200 Å². The van der Waals surface area contributed by atoms with Gasteiger partial charge in [-0.25, -0.2) is 0 Å². The van der Waals surface area contributed by atoms with Crippen molar-refractivity contribution in [2.45, 2.75) is 17.6 Å². The molecular formula is C27H26Cl2N2O. The van der Waals surface area contributed by atoms with Crippen molar-refractivity contribution >= 4 is 23.2 Å². The fourth-order valence-electron chi connectivity index (χ4n) is 3.96. The summed E-state index contributed by atoms with van der Waals surface area (Å²) in [6.07, 6.45) is 5.55. The summed E-state index contributed by atoms with van der Waals surface area (Å²) in [4.78, 5) is 4.40. The molecule has 3 nitrogen and oxygen atoms in total. The van der Waals surface area contributed by atoms with Crippen LogP contribution in [0.3, 0.4) is 0 Å². The Kier molecular flexibility index (Phi) is 7.54. The second-order valence-corrected chi connectivity index (χ2v) is 8.54. The van der Waals surface area contributed by atoms with Crippen molar-refractivity contribution in [2.75, 3.05) is 13.3 Å². The zero-order chi connectivity index (χ0) is 22.3. The third kappa shape index (κ3) is 5.18. The minimum Gasteiger partial charge on any atom is -0.366 e. The molecule has 164 valence electrons. The Morgan fingerprint density at radius 1 is 0.812 bits per heavy atom. The van der Waals surface area contributed by atoms with E-state index in [0.717, 1.165) is 5.56 Å². The van der Waals surface area contributed by atoms with E-state index < -0.39 is 5.50 Å². The summed E-state index contributed by atoms with van der Waals surface area (Å²) in [5, 5.41) is 0.683. The molecule has 0 aliphatic carbocycles. The predicted molar refractivity (Wildman–Crippen MR) is 132 cm³/mol. The second-order valence-electron chi connectivity index (χ2n) is 7.66. The van der Waals surface area contributed by atoms with Crippen LogP contribution in [0.2, 0.25) is 5.02 Å². The van der Waals surface area contributed by atoms with Gasteiger partial charge in [-0.3, -0.25) is 0 Å². The van der Waals surface area contributed by atoms with Crippen LogP contribution in [0.4, 0.5) is 0 Å². The predicted octanol–water partition coefficient (Wildman–Crippen LogP) is 6.98. The van der Waals surface area contributed by atoms with Crippen molar-refractivity contribution < 1.29 is 4.74 Å². The molecule has 0 N–H and O–H groups in total. The first kappa shape index (κ1) is 22.5. The van der Waals surface area contributed by atoms with Crippen LogP contribution in [0.5, 0.6) is 0 Å². The van der Waals surface area contributed by atoms with Crippen LogP contribution in [0, 0.1) is 0 Å². The lowest BCUT2D eigenvalue weighted by atomic mass is 9.98. The van der Waals surface area contributed by atoms with Gasteiger partial charge in [-0.2, -0.15) is 0 Å². The summed E-state index contributed by atoms with van der Waals surface area (Å²) in [7, 11) is 0. The van der Waals surface area contributed by atoms with Gasteiger partial charge in [-0.15, -0.1) is 6.58 Å². The van der Waals surface area contributed by atoms with Crippen molar-refractivity contribution in [3.63, 3.8) is 0 Å². The molecule has 0 saturated heterocycles. The number of hydrogen-bond donors (Lipinski definition) is 0. The van der Waals surface area contributed by atoms with Gasteiger partial charge >= 0.3 is 0 Å². The molecular weight excluding hydrogens is 439 g/mol. The summed E-state index contributed by atoms with van der Waals surface area (Å²) >= 11 is 13.1. The number of halogens is 2. The van der Waals surface area contributed by atoms with Crippen molar-refractivity contribution in [1.29, 1.82) is 0 Å². The molecule has 5 heteroatoms. The molecule has 32 heavy (non-hydrogen) atoms. The molecule has 0 fully saturated rings. The van der Waals surface area contributed by atoms with Crippen molar-refractivity contribution in [3.8, 4) is 0 Å². The van der Waals surface area contributed by atoms with E-state index in [4.69, 9.17) is 27.9 Å². The van der Waals surface area contributed by atoms with Crippen LogP contribution in [0.1, 0.15) is 28.8 Å². The van der Waals surface area contributed by atoms with Crippen LogP contribution in [-0.4, -0.2) is 28.6 Å². The molecule has 0 amide bonds. The van der Waals surface area contributed by atoms with Crippen LogP contribution in [-0.2, 0) is 4.74 Å². The van der Waals surface area contributed by atoms with Gasteiger partial charge in [0.2, 0.25) is 0 Å². The summed E-state index contributed by atoms with van der Waals surface area (Å²) in [5.41, 5.74) is 3.04. The van der Waals surface area contributed by atoms with Crippen LogP contribution < -0.4 is 0 Å². The smallest absolute Gasteiger partial charge is 0.135 e. The van der Waals surface area contributed by atoms with E-state index >= 15 is 0 Å². The molecule has 2 unspecified atom stereocenters. The number of ether oxygens (including phenoxy) is 1. The van der Waals surface area contributed by atoms with E-state index in [1.807, 2.05) is 42.6 Å². The monoisotopic (exact) mass is 464 g/mol. The number of hydrogen-bond acceptors (Lipinski definition) is 3. The molecule has 0 spiro atoms. The van der Waals surface area contributed by atoms with Gasteiger partial charge in [0.15, 0.2) is 0 Å². The first-order valence-corrected chi connectivity index (χ1v) is 11.4. The van der Waals surface area contributed by atoms with Crippen molar-refractivity contribution in [2.24, 2.45) is 0 Å². The third-order valence-electron chi connectivity index (χ3n) is 5.50. The van der Waals surface area contributed by atoms with Gasteiger partial charge in [0.25, 0.3) is 0 Å². The average Bonchev–Trinajstić information content (AvgIpc) is 3.31. The quantitative estimate of drug-likeness (QED) is 0.193. The van der Waals surface area contributed by atoms with E-state index in [1.165, 1.54) is 11.1 Å². The zero-order valence-corrected chi connectivity index (χ0v) is 19.2. The first-order valence-electron chi connectivity index (χ1n) is 10.6. The number of benzene rings is 3. The maximum atomic E-state index is 6.98. The molecule has 4 rings (SSSR count). The standard InChI is InChI=1S/C27H26Cl2N2O/c1-2-19-32-26(23-13-15-24(28)16-14-23)27(29)31-18-17-30(20-31)25(21-9-5-3-6-10-21)22-11-7-4-8-12-22/h2-18,25-27H,1,19-20H2. The normalized spacial score (nSPS) is 15.2. The topological polar surface area (TPSA) is 15.7 Å². The lowest BCUT2D eigenvalue weighted by molar-refractivity contribution is 0.0326. The molecule has 0 saturated carbocycles. The Morgan fingerprint density at radius 2 is 1.38 bits per heavy atom. The molecule has 1 heterocycles. The zero-order valence-electron chi connectivity index (χ0n) is 17.7. The van der Waals surface area contributed by atoms with E-state index in [1.54, 1.807) is 6.08 Å². The van der Waals surface area contributed by atoms with Gasteiger partial charge in [0.1, 0.15) is 11.6 Å². The van der Waals surface area contributed by atoms with Crippen LogP contribution in [0.25, 0.3) is 0 Å². The lowest BCUT2D eigenvalue weighted by Gasteiger charge is -2.34.